The molecular formula is C20H40O4. The van der Waals surface area contributed by atoms with E-state index in [0.717, 1.165) is 32.1 Å². The molecule has 0 saturated heterocycles. The maximum atomic E-state index is 8.80. The summed E-state index contributed by atoms with van der Waals surface area (Å²) in [6.07, 6.45) is 15.7. The first-order chi connectivity index (χ1) is 9.95. The summed E-state index contributed by atoms with van der Waals surface area (Å²) in [4.78, 5) is 0. The molecule has 0 fully saturated rings. The summed E-state index contributed by atoms with van der Waals surface area (Å²) in [6.45, 7) is 11.0. The molecule has 0 rings (SSSR count). The summed E-state index contributed by atoms with van der Waals surface area (Å²) < 4.78 is 0. The zero-order valence-electron chi connectivity index (χ0n) is 16.2. The molecule has 0 aromatic carbocycles. The highest BCUT2D eigenvalue weighted by Crippen LogP contribution is 2.13. The molecule has 0 aromatic heterocycles. The maximum absolute atomic E-state index is 8.80. The van der Waals surface area contributed by atoms with Crippen molar-refractivity contribution < 1.29 is 21.5 Å². The molecule has 0 unspecified atom stereocenters. The average Bonchev–Trinajstić information content (AvgIpc) is 2.38. The number of hydrogen-bond acceptors (Lipinski definition) is 1. The molecule has 0 aromatic rings. The summed E-state index contributed by atoms with van der Waals surface area (Å²) >= 11 is 0. The van der Waals surface area contributed by atoms with E-state index in [9.17, 15) is 0 Å². The van der Waals surface area contributed by atoms with E-state index in [-0.39, 0.29) is 23.0 Å². The minimum atomic E-state index is 0. The predicted molar refractivity (Wildman–Crippen MR) is 106 cm³/mol. The lowest BCUT2D eigenvalue weighted by atomic mass is 10.0. The van der Waals surface area contributed by atoms with Crippen molar-refractivity contribution in [3.05, 3.63) is 46.6 Å². The van der Waals surface area contributed by atoms with Gasteiger partial charge in [0.2, 0.25) is 0 Å². The molecule has 0 amide bonds. The molecule has 0 aliphatic heterocycles. The molecule has 4 heteroatoms. The van der Waals surface area contributed by atoms with Gasteiger partial charge in [-0.25, -0.2) is 0 Å². The zero-order chi connectivity index (χ0) is 16.1. The minimum Gasteiger partial charge on any atom is -0.412 e. The molecule has 144 valence electrons. The maximum Gasteiger partial charge on any atom is 0.0614 e. The van der Waals surface area contributed by atoms with Gasteiger partial charge in [-0.2, -0.15) is 0 Å². The normalized spacial score (nSPS) is 11.8. The third-order valence-corrected chi connectivity index (χ3v) is 3.59. The number of hydrogen-bond donors (Lipinski definition) is 1. The van der Waals surface area contributed by atoms with E-state index < -0.39 is 0 Å². The van der Waals surface area contributed by atoms with E-state index >= 15 is 0 Å². The van der Waals surface area contributed by atoms with Crippen LogP contribution in [0.25, 0.3) is 0 Å². The topological polar surface area (TPSA) is 115 Å². The smallest absolute Gasteiger partial charge is 0.0614 e. The molecule has 0 spiro atoms. The van der Waals surface area contributed by atoms with Gasteiger partial charge < -0.3 is 21.5 Å². The first-order valence-electron chi connectivity index (χ1n) is 8.16. The van der Waals surface area contributed by atoms with E-state index in [1.807, 2.05) is 6.08 Å². The second-order valence-corrected chi connectivity index (χ2v) is 6.23. The fourth-order valence-electron chi connectivity index (χ4n) is 2.14. The molecule has 4 nitrogen and oxygen atoms in total. The Morgan fingerprint density at radius 3 is 1.25 bits per heavy atom. The SMILES string of the molecule is CC(C)=CCC/C(C)=C/CCC(C)=CCC/C(C)=C/CO.O.O.O. The largest absolute Gasteiger partial charge is 0.412 e. The van der Waals surface area contributed by atoms with Gasteiger partial charge in [-0.05, 0) is 73.1 Å². The van der Waals surface area contributed by atoms with E-state index in [1.165, 1.54) is 28.7 Å². The van der Waals surface area contributed by atoms with E-state index in [4.69, 9.17) is 5.11 Å². The van der Waals surface area contributed by atoms with Crippen molar-refractivity contribution in [1.29, 1.82) is 0 Å². The minimum absolute atomic E-state index is 0. The molecule has 0 aliphatic carbocycles. The van der Waals surface area contributed by atoms with Crippen molar-refractivity contribution in [2.45, 2.75) is 73.1 Å². The fraction of sp³-hybridized carbons (Fsp3) is 0.600. The van der Waals surface area contributed by atoms with Gasteiger partial charge in [0, 0.05) is 0 Å². The quantitative estimate of drug-likeness (QED) is 0.599. The lowest BCUT2D eigenvalue weighted by Gasteiger charge is -2.02. The Morgan fingerprint density at radius 2 is 0.917 bits per heavy atom. The Labute approximate surface area is 148 Å². The highest BCUT2D eigenvalue weighted by Gasteiger charge is 1.93. The predicted octanol–water partition coefficient (Wildman–Crippen LogP) is 3.65. The van der Waals surface area contributed by atoms with E-state index in [0.29, 0.717) is 0 Å². The van der Waals surface area contributed by atoms with Gasteiger partial charge in [-0.3, -0.25) is 0 Å². The van der Waals surface area contributed by atoms with Crippen LogP contribution >= 0.6 is 0 Å². The molecule has 24 heavy (non-hydrogen) atoms. The Kier molecular flexibility index (Phi) is 25.4. The summed E-state index contributed by atoms with van der Waals surface area (Å²) in [5, 5.41) is 8.80. The van der Waals surface area contributed by atoms with Gasteiger partial charge in [0.25, 0.3) is 0 Å². The van der Waals surface area contributed by atoms with Crippen LogP contribution in [0.4, 0.5) is 0 Å². The average molecular weight is 345 g/mol. The Hall–Kier alpha value is -1.20. The van der Waals surface area contributed by atoms with Gasteiger partial charge in [-0.15, -0.1) is 0 Å². The van der Waals surface area contributed by atoms with Crippen molar-refractivity contribution in [2.24, 2.45) is 0 Å². The molecule has 0 atom stereocenters. The molecule has 0 aliphatic rings. The van der Waals surface area contributed by atoms with Crippen molar-refractivity contribution in [1.82, 2.24) is 0 Å². The highest BCUT2D eigenvalue weighted by atomic mass is 16.2. The Morgan fingerprint density at radius 1 is 0.583 bits per heavy atom. The Bertz CT molecular complexity index is 400. The highest BCUT2D eigenvalue weighted by molar-refractivity contribution is 5.07. The van der Waals surface area contributed by atoms with Crippen molar-refractivity contribution in [2.75, 3.05) is 6.61 Å². The summed E-state index contributed by atoms with van der Waals surface area (Å²) in [5.74, 6) is 0. The number of allylic oxidation sites excluding steroid dienone is 7. The van der Waals surface area contributed by atoms with Crippen LogP contribution < -0.4 is 0 Å². The molecule has 0 heterocycles. The number of aliphatic hydroxyl groups excluding tert-OH is 1. The molecule has 0 bridgehead atoms. The van der Waals surface area contributed by atoms with Crippen LogP contribution in [0.2, 0.25) is 0 Å². The van der Waals surface area contributed by atoms with E-state index in [1.54, 1.807) is 0 Å². The van der Waals surface area contributed by atoms with Crippen molar-refractivity contribution in [3.63, 3.8) is 0 Å². The second-order valence-electron chi connectivity index (χ2n) is 6.23. The monoisotopic (exact) mass is 344 g/mol. The van der Waals surface area contributed by atoms with Gasteiger partial charge in [0.1, 0.15) is 0 Å². The third kappa shape index (κ3) is 20.8. The standard InChI is InChI=1S/C20H34O.3H2O/c1-17(2)9-6-10-18(3)11-7-12-19(4)13-8-14-20(5)15-16-21;;;/h9,11,13,15,21H,6-8,10,12,14,16H2,1-5H3;3*1H2/b18-11+,19-13?,20-15+;;;. The zero-order valence-corrected chi connectivity index (χ0v) is 16.2. The first-order valence-corrected chi connectivity index (χ1v) is 8.16. The number of aliphatic hydroxyl groups is 1. The van der Waals surface area contributed by atoms with Crippen molar-refractivity contribution in [3.8, 4) is 0 Å². The first kappa shape index (κ1) is 30.7. The lowest BCUT2D eigenvalue weighted by molar-refractivity contribution is 0.341. The van der Waals surface area contributed by atoms with Crippen LogP contribution in [-0.4, -0.2) is 28.1 Å². The fourth-order valence-corrected chi connectivity index (χ4v) is 2.14. The van der Waals surface area contributed by atoms with Crippen LogP contribution in [0.5, 0.6) is 0 Å². The van der Waals surface area contributed by atoms with Gasteiger partial charge in [-0.1, -0.05) is 46.6 Å². The van der Waals surface area contributed by atoms with Crippen LogP contribution in [0.1, 0.15) is 73.1 Å². The van der Waals surface area contributed by atoms with Crippen LogP contribution in [-0.2, 0) is 0 Å². The molecular weight excluding hydrogens is 304 g/mol. The van der Waals surface area contributed by atoms with Crippen LogP contribution in [0.15, 0.2) is 46.6 Å². The lowest BCUT2D eigenvalue weighted by Crippen LogP contribution is -1.83. The van der Waals surface area contributed by atoms with Crippen molar-refractivity contribution >= 4 is 0 Å². The molecule has 0 radical (unpaired) electrons. The molecule has 0 saturated carbocycles. The van der Waals surface area contributed by atoms with Crippen LogP contribution in [0, 0.1) is 0 Å². The third-order valence-electron chi connectivity index (χ3n) is 3.59. The van der Waals surface area contributed by atoms with E-state index in [2.05, 4.69) is 52.8 Å². The molecule has 7 N–H and O–H groups in total. The Balaban J connectivity index is -0.000000667. The summed E-state index contributed by atoms with van der Waals surface area (Å²) in [7, 11) is 0. The van der Waals surface area contributed by atoms with Gasteiger partial charge in [0.05, 0.1) is 6.61 Å². The number of rotatable bonds is 10. The second kappa shape index (κ2) is 19.8. The van der Waals surface area contributed by atoms with Crippen LogP contribution in [0.3, 0.4) is 0 Å². The van der Waals surface area contributed by atoms with Gasteiger partial charge >= 0.3 is 0 Å². The summed E-state index contributed by atoms with van der Waals surface area (Å²) in [5.41, 5.74) is 5.66. The van der Waals surface area contributed by atoms with Gasteiger partial charge in [0.15, 0.2) is 0 Å². The summed E-state index contributed by atoms with van der Waals surface area (Å²) in [6, 6.07) is 0.